The van der Waals surface area contributed by atoms with Gasteiger partial charge in [-0.25, -0.2) is 4.98 Å². The zero-order chi connectivity index (χ0) is 12.3. The van der Waals surface area contributed by atoms with Gasteiger partial charge in [-0.3, -0.25) is 4.79 Å². The van der Waals surface area contributed by atoms with E-state index in [1.54, 1.807) is 6.92 Å². The monoisotopic (exact) mass is 230 g/mol. The lowest BCUT2D eigenvalue weighted by Gasteiger charge is -2.06. The van der Waals surface area contributed by atoms with Gasteiger partial charge in [0.1, 0.15) is 11.6 Å². The van der Waals surface area contributed by atoms with Gasteiger partial charge in [0.25, 0.3) is 5.56 Å². The van der Waals surface area contributed by atoms with Crippen molar-refractivity contribution < 1.29 is 4.74 Å². The molecule has 0 atom stereocenters. The molecule has 88 valence electrons. The van der Waals surface area contributed by atoms with Crippen molar-refractivity contribution in [3.05, 3.63) is 52.1 Å². The Labute approximate surface area is 99.3 Å². The van der Waals surface area contributed by atoms with Gasteiger partial charge in [-0.05, 0) is 31.0 Å². The highest BCUT2D eigenvalue weighted by molar-refractivity contribution is 5.31. The van der Waals surface area contributed by atoms with Crippen LogP contribution in [0.2, 0.25) is 0 Å². The van der Waals surface area contributed by atoms with E-state index in [1.807, 2.05) is 24.3 Å². The Balaban J connectivity index is 2.27. The number of nitrogens with one attached hydrogen (secondary N) is 1. The fraction of sp³-hybridized carbons (Fsp3) is 0.231. The molecule has 1 heterocycles. The molecule has 0 fully saturated rings. The van der Waals surface area contributed by atoms with Crippen LogP contribution in [0.15, 0.2) is 35.1 Å². The summed E-state index contributed by atoms with van der Waals surface area (Å²) in [5, 5.41) is 0. The molecule has 0 saturated carbocycles. The minimum Gasteiger partial charge on any atom is -0.439 e. The SMILES string of the molecule is CCc1cccc(Oc2cc(=O)[nH]c(C)n2)c1. The number of rotatable bonds is 3. The first kappa shape index (κ1) is 11.4. The van der Waals surface area contributed by atoms with E-state index < -0.39 is 0 Å². The lowest BCUT2D eigenvalue weighted by atomic mass is 10.2. The van der Waals surface area contributed by atoms with Crippen molar-refractivity contribution in [2.24, 2.45) is 0 Å². The number of nitrogens with zero attached hydrogens (tertiary/aromatic N) is 1. The molecule has 1 N–H and O–H groups in total. The summed E-state index contributed by atoms with van der Waals surface area (Å²) in [7, 11) is 0. The van der Waals surface area contributed by atoms with Crippen LogP contribution in [0.5, 0.6) is 11.6 Å². The van der Waals surface area contributed by atoms with E-state index >= 15 is 0 Å². The molecule has 0 amide bonds. The summed E-state index contributed by atoms with van der Waals surface area (Å²) < 4.78 is 5.55. The number of ether oxygens (including phenoxy) is 1. The standard InChI is InChI=1S/C13H14N2O2/c1-3-10-5-4-6-11(7-10)17-13-8-12(16)14-9(2)15-13/h4-8H,3H2,1-2H3,(H,14,15,16). The number of hydrogen-bond acceptors (Lipinski definition) is 3. The second kappa shape index (κ2) is 4.82. The van der Waals surface area contributed by atoms with E-state index in [2.05, 4.69) is 16.9 Å². The summed E-state index contributed by atoms with van der Waals surface area (Å²) >= 11 is 0. The van der Waals surface area contributed by atoms with E-state index in [9.17, 15) is 4.79 Å². The second-order valence-electron chi connectivity index (χ2n) is 3.77. The highest BCUT2D eigenvalue weighted by atomic mass is 16.5. The van der Waals surface area contributed by atoms with Crippen LogP contribution in [0.1, 0.15) is 18.3 Å². The molecule has 2 rings (SSSR count). The minimum atomic E-state index is -0.209. The third kappa shape index (κ3) is 2.93. The molecule has 0 radical (unpaired) electrons. The summed E-state index contributed by atoms with van der Waals surface area (Å²) in [4.78, 5) is 17.9. The van der Waals surface area contributed by atoms with E-state index in [-0.39, 0.29) is 5.56 Å². The van der Waals surface area contributed by atoms with Gasteiger partial charge in [-0.1, -0.05) is 19.1 Å². The molecule has 0 aliphatic heterocycles. The fourth-order valence-electron chi connectivity index (χ4n) is 1.55. The third-order valence-electron chi connectivity index (χ3n) is 2.37. The predicted octanol–water partition coefficient (Wildman–Crippen LogP) is 2.43. The Kier molecular flexibility index (Phi) is 3.23. The first-order chi connectivity index (χ1) is 8.17. The van der Waals surface area contributed by atoms with Crippen LogP contribution in [0, 0.1) is 6.92 Å². The normalized spacial score (nSPS) is 10.2. The predicted molar refractivity (Wildman–Crippen MR) is 65.5 cm³/mol. The van der Waals surface area contributed by atoms with Gasteiger partial charge in [-0.2, -0.15) is 0 Å². The van der Waals surface area contributed by atoms with Gasteiger partial charge >= 0.3 is 0 Å². The lowest BCUT2D eigenvalue weighted by Crippen LogP contribution is -2.08. The first-order valence-corrected chi connectivity index (χ1v) is 5.52. The Morgan fingerprint density at radius 1 is 1.35 bits per heavy atom. The van der Waals surface area contributed by atoms with Crippen molar-refractivity contribution in [2.75, 3.05) is 0 Å². The second-order valence-corrected chi connectivity index (χ2v) is 3.77. The van der Waals surface area contributed by atoms with Crippen molar-refractivity contribution in [1.82, 2.24) is 9.97 Å². The quantitative estimate of drug-likeness (QED) is 0.881. The van der Waals surface area contributed by atoms with Crippen molar-refractivity contribution in [3.63, 3.8) is 0 Å². The van der Waals surface area contributed by atoms with Gasteiger partial charge < -0.3 is 9.72 Å². The maximum absolute atomic E-state index is 11.2. The Bertz CT molecular complexity index is 576. The lowest BCUT2D eigenvalue weighted by molar-refractivity contribution is 0.458. The maximum atomic E-state index is 11.2. The zero-order valence-electron chi connectivity index (χ0n) is 9.86. The molecule has 4 heteroatoms. The number of H-pyrrole nitrogens is 1. The highest BCUT2D eigenvalue weighted by Gasteiger charge is 2.01. The van der Waals surface area contributed by atoms with Crippen LogP contribution < -0.4 is 10.3 Å². The summed E-state index contributed by atoms with van der Waals surface area (Å²) in [6.07, 6.45) is 0.943. The van der Waals surface area contributed by atoms with Crippen LogP contribution >= 0.6 is 0 Å². The number of benzene rings is 1. The molecular formula is C13H14N2O2. The smallest absolute Gasteiger partial charge is 0.254 e. The van der Waals surface area contributed by atoms with Gasteiger partial charge in [0.05, 0.1) is 6.07 Å². The first-order valence-electron chi connectivity index (χ1n) is 5.52. The van der Waals surface area contributed by atoms with Gasteiger partial charge in [0, 0.05) is 0 Å². The van der Waals surface area contributed by atoms with Crippen LogP contribution in [-0.2, 0) is 6.42 Å². The van der Waals surface area contributed by atoms with Crippen molar-refractivity contribution >= 4 is 0 Å². The molecule has 0 unspecified atom stereocenters. The molecule has 0 bridgehead atoms. The minimum absolute atomic E-state index is 0.209. The summed E-state index contributed by atoms with van der Waals surface area (Å²) in [5.74, 6) is 1.56. The molecular weight excluding hydrogens is 216 g/mol. The average Bonchev–Trinajstić information content (AvgIpc) is 2.28. The Morgan fingerprint density at radius 3 is 2.88 bits per heavy atom. The van der Waals surface area contributed by atoms with E-state index in [1.165, 1.54) is 11.6 Å². The zero-order valence-corrected chi connectivity index (χ0v) is 9.86. The van der Waals surface area contributed by atoms with Crippen molar-refractivity contribution in [3.8, 4) is 11.6 Å². The van der Waals surface area contributed by atoms with Crippen LogP contribution in [0.4, 0.5) is 0 Å². The number of hydrogen-bond donors (Lipinski definition) is 1. The number of aryl methyl sites for hydroxylation is 2. The number of aromatic amines is 1. The molecule has 0 aliphatic carbocycles. The molecule has 0 spiro atoms. The summed E-state index contributed by atoms with van der Waals surface area (Å²) in [6, 6.07) is 9.08. The molecule has 17 heavy (non-hydrogen) atoms. The van der Waals surface area contributed by atoms with Crippen molar-refractivity contribution in [2.45, 2.75) is 20.3 Å². The Morgan fingerprint density at radius 2 is 2.18 bits per heavy atom. The van der Waals surface area contributed by atoms with Gasteiger partial charge in [-0.15, -0.1) is 0 Å². The summed E-state index contributed by atoms with van der Waals surface area (Å²) in [5.41, 5.74) is 0.975. The summed E-state index contributed by atoms with van der Waals surface area (Å²) in [6.45, 7) is 3.80. The molecule has 1 aromatic carbocycles. The van der Waals surface area contributed by atoms with Crippen LogP contribution in [-0.4, -0.2) is 9.97 Å². The molecule has 1 aromatic heterocycles. The maximum Gasteiger partial charge on any atom is 0.254 e. The van der Waals surface area contributed by atoms with Crippen molar-refractivity contribution in [1.29, 1.82) is 0 Å². The molecule has 2 aromatic rings. The molecule has 0 saturated heterocycles. The van der Waals surface area contributed by atoms with E-state index in [0.717, 1.165) is 6.42 Å². The fourth-order valence-corrected chi connectivity index (χ4v) is 1.55. The number of aromatic nitrogens is 2. The molecule has 0 aliphatic rings. The Hall–Kier alpha value is -2.10. The van der Waals surface area contributed by atoms with E-state index in [4.69, 9.17) is 4.74 Å². The van der Waals surface area contributed by atoms with Crippen LogP contribution in [0.3, 0.4) is 0 Å². The van der Waals surface area contributed by atoms with E-state index in [0.29, 0.717) is 17.5 Å². The average molecular weight is 230 g/mol. The highest BCUT2D eigenvalue weighted by Crippen LogP contribution is 2.19. The van der Waals surface area contributed by atoms with Crippen LogP contribution in [0.25, 0.3) is 0 Å². The van der Waals surface area contributed by atoms with Gasteiger partial charge in [0.15, 0.2) is 0 Å². The third-order valence-corrected chi connectivity index (χ3v) is 2.37. The van der Waals surface area contributed by atoms with Gasteiger partial charge in [0.2, 0.25) is 5.88 Å². The molecule has 4 nitrogen and oxygen atoms in total. The largest absolute Gasteiger partial charge is 0.439 e. The topological polar surface area (TPSA) is 55.0 Å².